The van der Waals surface area contributed by atoms with Gasteiger partial charge in [-0.1, -0.05) is 0 Å². The fraction of sp³-hybridized carbons (Fsp3) is 0. The minimum atomic E-state index is -1.78. The van der Waals surface area contributed by atoms with Gasteiger partial charge in [0.1, 0.15) is 0 Å². The van der Waals surface area contributed by atoms with Crippen LogP contribution in [0.1, 0.15) is 0 Å². The molecule has 0 aliphatic heterocycles. The molecule has 0 amide bonds. The van der Waals surface area contributed by atoms with Crippen molar-refractivity contribution in [2.75, 3.05) is 0 Å². The van der Waals surface area contributed by atoms with Crippen LogP contribution >= 0.6 is 0 Å². The predicted octanol–water partition coefficient (Wildman–Crippen LogP) is 1.15. The first-order valence-corrected chi connectivity index (χ1v) is 3.60. The summed E-state index contributed by atoms with van der Waals surface area (Å²) in [6, 6.07) is 0.592. The van der Waals surface area contributed by atoms with E-state index in [9.17, 15) is 17.6 Å². The van der Waals surface area contributed by atoms with E-state index < -0.39 is 23.3 Å². The molecule has 11 heavy (non-hydrogen) atoms. The molecule has 0 nitrogen and oxygen atoms in total. The van der Waals surface area contributed by atoms with Crippen molar-refractivity contribution in [3.05, 3.63) is 29.3 Å². The van der Waals surface area contributed by atoms with Crippen LogP contribution in [0.4, 0.5) is 17.6 Å². The fourth-order valence-electron chi connectivity index (χ4n) is 0.544. The average molecular weight is 281 g/mol. The van der Waals surface area contributed by atoms with Crippen LogP contribution in [0.5, 0.6) is 0 Å². The Labute approximate surface area is 92.3 Å². The molecule has 0 spiro atoms. The summed E-state index contributed by atoms with van der Waals surface area (Å²) in [7, 11) is 0. The van der Waals surface area contributed by atoms with Gasteiger partial charge in [-0.25, -0.2) is 0 Å². The van der Waals surface area contributed by atoms with Crippen LogP contribution in [0.3, 0.4) is 0 Å². The van der Waals surface area contributed by atoms with Gasteiger partial charge in [0.15, 0.2) is 0 Å². The van der Waals surface area contributed by atoms with Crippen LogP contribution in [-0.2, 0) is 0 Å². The van der Waals surface area contributed by atoms with E-state index in [1.54, 1.807) is 0 Å². The van der Waals surface area contributed by atoms with E-state index in [1.165, 1.54) is 46.5 Å². The van der Waals surface area contributed by atoms with E-state index in [0.29, 0.717) is 6.07 Å². The normalized spacial score (nSPS) is 10.4. The van der Waals surface area contributed by atoms with Crippen molar-refractivity contribution in [3.8, 4) is 0 Å². The van der Waals surface area contributed by atoms with E-state index in [1.807, 2.05) is 0 Å². The Balaban J connectivity index is 3.46. The first-order valence-electron chi connectivity index (χ1n) is 2.52. The van der Waals surface area contributed by atoms with E-state index >= 15 is 0 Å². The van der Waals surface area contributed by atoms with Crippen LogP contribution < -0.4 is 0.0314 Å². The summed E-state index contributed by atoms with van der Waals surface area (Å²) >= 11 is 1.37. The molecule has 0 saturated heterocycles. The molecule has 0 aliphatic carbocycles. The summed E-state index contributed by atoms with van der Waals surface area (Å²) in [5.41, 5.74) is 0. The predicted molar refractivity (Wildman–Crippen MR) is 27.3 cm³/mol. The summed E-state index contributed by atoms with van der Waals surface area (Å²) in [6.07, 6.45) is 0. The fourth-order valence-corrected chi connectivity index (χ4v) is 1.05. The van der Waals surface area contributed by atoms with Crippen molar-refractivity contribution in [1.29, 1.82) is 0 Å². The Bertz CT molecular complexity index is 271. The first-order chi connectivity index (χ1) is 5.04. The molecular formula is C6H2F4Xe. The second kappa shape index (κ2) is 3.49. The monoisotopic (exact) mass is 282 g/mol. The van der Waals surface area contributed by atoms with Gasteiger partial charge in [-0.3, -0.25) is 0 Å². The topological polar surface area (TPSA) is 0 Å². The molecule has 0 saturated carbocycles. The molecule has 0 radical (unpaired) electrons. The Morgan fingerprint density at radius 1 is 0.909 bits per heavy atom. The molecule has 5 heteroatoms. The van der Waals surface area contributed by atoms with Crippen molar-refractivity contribution < 1.29 is 64.1 Å². The molecule has 1 aromatic carbocycles. The van der Waals surface area contributed by atoms with E-state index in [2.05, 4.69) is 0 Å². The zero-order chi connectivity index (χ0) is 8.59. The van der Waals surface area contributed by atoms with Gasteiger partial charge in [-0.05, 0) is 0 Å². The maximum atomic E-state index is 12.4. The SMILES string of the molecule is Fc1cc([XeH])c(F)c(F)c1F. The summed E-state index contributed by atoms with van der Waals surface area (Å²) in [6.45, 7) is 0. The average Bonchev–Trinajstić information content (AvgIpc) is 1.97. The molecule has 0 fully saturated rings. The second-order valence-electron chi connectivity index (χ2n) is 1.78. The van der Waals surface area contributed by atoms with Crippen LogP contribution in [0.15, 0.2) is 6.07 Å². The molecule has 0 aliphatic rings. The molecule has 1 rings (SSSR count). The molecule has 0 atom stereocenters. The maximum absolute atomic E-state index is 12.4. The zero-order valence-corrected chi connectivity index (χ0v) is 7.12. The van der Waals surface area contributed by atoms with Gasteiger partial charge in [0, 0.05) is 0 Å². The number of benzene rings is 1. The number of rotatable bonds is 0. The van der Waals surface area contributed by atoms with Crippen LogP contribution in [-0.4, -0.2) is 0 Å². The summed E-state index contributed by atoms with van der Waals surface area (Å²) < 4.78 is 48.8. The number of hydrogen-bond donors (Lipinski definition) is 0. The van der Waals surface area contributed by atoms with Crippen LogP contribution in [0.2, 0.25) is 0 Å². The van der Waals surface area contributed by atoms with E-state index in [0.717, 1.165) is 0 Å². The molecule has 0 unspecified atom stereocenters. The summed E-state index contributed by atoms with van der Waals surface area (Å²) in [5, 5.41) is 0. The van der Waals surface area contributed by atoms with Crippen molar-refractivity contribution >= 4 is 0.0314 Å². The Kier molecular flexibility index (Phi) is 3.04. The summed E-state index contributed by atoms with van der Waals surface area (Å²) in [4.78, 5) is 0. The van der Waals surface area contributed by atoms with Gasteiger partial charge >= 0.3 is 93.5 Å². The zero-order valence-electron chi connectivity index (χ0n) is 4.97. The standard InChI is InChI=1S/C6H2F4Xe/c7-2-1-3(11)5(9)6(10)4(2)8/h1,11H. The quantitative estimate of drug-likeness (QED) is 0.380. The van der Waals surface area contributed by atoms with Crippen molar-refractivity contribution in [3.63, 3.8) is 0 Å². The Morgan fingerprint density at radius 3 is 2.00 bits per heavy atom. The Hall–Kier alpha value is 0.511. The van der Waals surface area contributed by atoms with Gasteiger partial charge in [-0.15, -0.1) is 0 Å². The Morgan fingerprint density at radius 2 is 1.45 bits per heavy atom. The second-order valence-corrected chi connectivity index (χ2v) is 2.94. The van der Waals surface area contributed by atoms with E-state index in [-0.39, 0.29) is 0.0314 Å². The third-order valence-corrected chi connectivity index (χ3v) is 1.84. The van der Waals surface area contributed by atoms with Crippen molar-refractivity contribution in [2.24, 2.45) is 0 Å². The van der Waals surface area contributed by atoms with Gasteiger partial charge < -0.3 is 0 Å². The molecular weight excluding hydrogens is 279 g/mol. The number of halogens is 4. The molecule has 62 valence electrons. The molecule has 0 bridgehead atoms. The van der Waals surface area contributed by atoms with Crippen LogP contribution in [0.25, 0.3) is 0 Å². The van der Waals surface area contributed by atoms with Gasteiger partial charge in [0.2, 0.25) is 0 Å². The molecule has 0 N–H and O–H groups in total. The van der Waals surface area contributed by atoms with Gasteiger partial charge in [-0.2, -0.15) is 0 Å². The first kappa shape index (κ1) is 9.60. The van der Waals surface area contributed by atoms with Crippen molar-refractivity contribution in [2.45, 2.75) is 0 Å². The molecule has 0 aromatic heterocycles. The third-order valence-electron chi connectivity index (χ3n) is 1.06. The van der Waals surface area contributed by atoms with E-state index in [4.69, 9.17) is 0 Å². The molecule has 1 aromatic rings. The summed E-state index contributed by atoms with van der Waals surface area (Å²) in [5.74, 6) is -6.28. The number of hydrogen-bond acceptors (Lipinski definition) is 0. The van der Waals surface area contributed by atoms with Gasteiger partial charge in [0.25, 0.3) is 0 Å². The third kappa shape index (κ3) is 1.81. The van der Waals surface area contributed by atoms with Crippen LogP contribution in [0, 0.1) is 69.8 Å². The van der Waals surface area contributed by atoms with Crippen molar-refractivity contribution in [1.82, 2.24) is 0 Å². The van der Waals surface area contributed by atoms with Gasteiger partial charge in [0.05, 0.1) is 0 Å². The molecule has 0 heterocycles. The minimum absolute atomic E-state index is 0.279.